The number of ether oxygens (including phenoxy) is 4. The molecule has 2 aliphatic heterocycles. The second kappa shape index (κ2) is 24.0. The molecule has 0 spiro atoms. The Hall–Kier alpha value is -5.25. The van der Waals surface area contributed by atoms with Crippen molar-refractivity contribution in [1.29, 1.82) is 0 Å². The molecule has 4 aromatic carbocycles. The summed E-state index contributed by atoms with van der Waals surface area (Å²) in [5.41, 5.74) is 5.30. The summed E-state index contributed by atoms with van der Waals surface area (Å²) in [6, 6.07) is 25.1. The van der Waals surface area contributed by atoms with Crippen molar-refractivity contribution in [2.75, 3.05) is 78.9 Å². The molecule has 66 heavy (non-hydrogen) atoms. The van der Waals surface area contributed by atoms with Crippen LogP contribution in [0.3, 0.4) is 0 Å². The van der Waals surface area contributed by atoms with E-state index >= 15 is 0 Å². The van der Waals surface area contributed by atoms with Gasteiger partial charge in [-0.2, -0.15) is 0 Å². The minimum absolute atomic E-state index is 0.188. The molecule has 14 heteroatoms. The number of benzene rings is 4. The molecular formula is C52H62BrFN4O8. The number of aromatic carboxylic acids is 2. The van der Waals surface area contributed by atoms with Crippen molar-refractivity contribution in [3.8, 4) is 11.5 Å². The summed E-state index contributed by atoms with van der Waals surface area (Å²) in [4.78, 5) is 27.4. The van der Waals surface area contributed by atoms with Crippen LogP contribution in [0.1, 0.15) is 83.2 Å². The molecule has 352 valence electrons. The van der Waals surface area contributed by atoms with Crippen molar-refractivity contribution in [3.05, 3.63) is 130 Å². The Morgan fingerprint density at radius 2 is 1.09 bits per heavy atom. The first-order valence-corrected chi connectivity index (χ1v) is 24.0. The molecule has 0 bridgehead atoms. The zero-order valence-corrected chi connectivity index (χ0v) is 39.6. The topological polar surface area (TPSA) is 128 Å². The number of carboxylic acids is 2. The highest BCUT2D eigenvalue weighted by molar-refractivity contribution is 9.10. The van der Waals surface area contributed by atoms with E-state index in [2.05, 4.69) is 65.5 Å². The van der Waals surface area contributed by atoms with Crippen LogP contribution in [0.15, 0.2) is 102 Å². The molecule has 2 saturated heterocycles. The van der Waals surface area contributed by atoms with Crippen molar-refractivity contribution < 1.29 is 43.1 Å². The van der Waals surface area contributed by atoms with Gasteiger partial charge < -0.3 is 38.3 Å². The summed E-state index contributed by atoms with van der Waals surface area (Å²) in [5.74, 6) is -0.358. The molecular weight excluding hydrogens is 907 g/mol. The molecule has 0 unspecified atom stereocenters. The first-order chi connectivity index (χ1) is 32.1. The van der Waals surface area contributed by atoms with Crippen molar-refractivity contribution in [2.45, 2.75) is 64.5 Å². The van der Waals surface area contributed by atoms with Gasteiger partial charge in [-0.25, -0.2) is 14.0 Å². The lowest BCUT2D eigenvalue weighted by molar-refractivity contribution is 0.0680. The van der Waals surface area contributed by atoms with E-state index in [9.17, 15) is 24.2 Å². The van der Waals surface area contributed by atoms with E-state index in [1.165, 1.54) is 22.0 Å². The number of piperidine rings is 2. The van der Waals surface area contributed by atoms with Crippen LogP contribution in [0.4, 0.5) is 4.39 Å². The van der Waals surface area contributed by atoms with Gasteiger partial charge in [0.05, 0.1) is 18.7 Å². The largest absolute Gasteiger partial charge is 0.491 e. The van der Waals surface area contributed by atoms with E-state index in [1.54, 1.807) is 60.7 Å². The number of nitrogens with zero attached hydrogens (tertiary/aromatic N) is 4. The number of carboxylic acid groups (broad SMARTS) is 2. The second-order valence-electron chi connectivity index (χ2n) is 16.8. The number of fused-ring (bicyclic) bond motifs is 2. The molecule has 8 rings (SSSR count). The zero-order valence-electron chi connectivity index (χ0n) is 38.0. The van der Waals surface area contributed by atoms with E-state index in [0.717, 1.165) is 100 Å². The summed E-state index contributed by atoms with van der Waals surface area (Å²) in [7, 11) is 0. The normalized spacial score (nSPS) is 15.2. The Labute approximate surface area is 394 Å². The van der Waals surface area contributed by atoms with Crippen molar-refractivity contribution >= 4 is 49.7 Å². The van der Waals surface area contributed by atoms with Gasteiger partial charge in [0.25, 0.3) is 0 Å². The van der Waals surface area contributed by atoms with Gasteiger partial charge in [-0.05, 0) is 149 Å². The minimum atomic E-state index is -0.980. The Balaban J connectivity index is 0.000000196. The van der Waals surface area contributed by atoms with Crippen molar-refractivity contribution in [3.63, 3.8) is 0 Å². The molecule has 6 aromatic rings. The number of carbonyl (C=O) groups is 2. The third kappa shape index (κ3) is 12.6. The van der Waals surface area contributed by atoms with Gasteiger partial charge in [-0.1, -0.05) is 40.2 Å². The van der Waals surface area contributed by atoms with E-state index in [4.69, 9.17) is 18.9 Å². The average Bonchev–Trinajstić information content (AvgIpc) is 3.87. The quantitative estimate of drug-likeness (QED) is 0.0714. The van der Waals surface area contributed by atoms with Crippen LogP contribution < -0.4 is 9.47 Å². The van der Waals surface area contributed by atoms with Gasteiger partial charge in [0.1, 0.15) is 41.7 Å². The first kappa shape index (κ1) is 48.7. The molecule has 2 fully saturated rings. The molecule has 12 nitrogen and oxygen atoms in total. The Morgan fingerprint density at radius 3 is 1.59 bits per heavy atom. The van der Waals surface area contributed by atoms with Crippen LogP contribution >= 0.6 is 15.9 Å². The smallest absolute Gasteiger partial charge is 0.339 e. The fourth-order valence-electron chi connectivity index (χ4n) is 9.27. The number of halogens is 2. The van der Waals surface area contributed by atoms with Gasteiger partial charge in [0.15, 0.2) is 0 Å². The summed E-state index contributed by atoms with van der Waals surface area (Å²) in [6.45, 7) is 14.7. The SMILES string of the molecule is CCOCCn1cc(C2CCN(CCOc3ccccc3C(=O)O)CC2)c2cc(Br)ccc21.CCOCCn1cc(C2CCN(CCOc3ccccc3C(=O)O)CC2)c2ccc(F)cc21. The Kier molecular flexibility index (Phi) is 17.7. The first-order valence-electron chi connectivity index (χ1n) is 23.2. The molecule has 0 aliphatic carbocycles. The average molecular weight is 970 g/mol. The summed E-state index contributed by atoms with van der Waals surface area (Å²) in [6.07, 6.45) is 8.74. The molecule has 0 atom stereocenters. The zero-order chi connectivity index (χ0) is 46.4. The molecule has 2 aliphatic rings. The Bertz CT molecular complexity index is 2530. The van der Waals surface area contributed by atoms with Crippen LogP contribution in [-0.4, -0.2) is 120 Å². The fourth-order valence-corrected chi connectivity index (χ4v) is 9.63. The predicted octanol–water partition coefficient (Wildman–Crippen LogP) is 10.2. The van der Waals surface area contributed by atoms with E-state index in [0.29, 0.717) is 56.3 Å². The maximum atomic E-state index is 13.9. The summed E-state index contributed by atoms with van der Waals surface area (Å²) in [5, 5.41) is 21.0. The second-order valence-corrected chi connectivity index (χ2v) is 17.7. The lowest BCUT2D eigenvalue weighted by Crippen LogP contribution is -2.35. The summed E-state index contributed by atoms with van der Waals surface area (Å²) >= 11 is 3.64. The number of rotatable bonds is 20. The third-order valence-corrected chi connectivity index (χ3v) is 13.2. The highest BCUT2D eigenvalue weighted by Crippen LogP contribution is 2.37. The maximum absolute atomic E-state index is 13.9. The number of hydrogen-bond donors (Lipinski definition) is 2. The highest BCUT2D eigenvalue weighted by atomic mass is 79.9. The molecule has 0 saturated carbocycles. The van der Waals surface area contributed by atoms with E-state index in [-0.39, 0.29) is 16.9 Å². The van der Waals surface area contributed by atoms with Gasteiger partial charge in [-0.3, -0.25) is 9.80 Å². The maximum Gasteiger partial charge on any atom is 0.339 e. The molecule has 2 N–H and O–H groups in total. The van der Waals surface area contributed by atoms with Crippen LogP contribution in [0.25, 0.3) is 21.8 Å². The number of hydrogen-bond acceptors (Lipinski definition) is 8. The van der Waals surface area contributed by atoms with Crippen LogP contribution in [-0.2, 0) is 22.6 Å². The lowest BCUT2D eigenvalue weighted by Gasteiger charge is -2.31. The Morgan fingerprint density at radius 1 is 0.606 bits per heavy atom. The van der Waals surface area contributed by atoms with Crippen molar-refractivity contribution in [2.24, 2.45) is 0 Å². The lowest BCUT2D eigenvalue weighted by atomic mass is 9.89. The number of aromatic nitrogens is 2. The molecule has 0 amide bonds. The summed E-state index contributed by atoms with van der Waals surface area (Å²) < 4.78 is 42.1. The molecule has 2 aromatic heterocycles. The van der Waals surface area contributed by atoms with Gasteiger partial charge in [0.2, 0.25) is 0 Å². The monoisotopic (exact) mass is 968 g/mol. The van der Waals surface area contributed by atoms with E-state index < -0.39 is 11.9 Å². The standard InChI is InChI=1S/C26H31BrN2O4.C26H31FN2O4/c1-2-32-15-14-29-18-23(22-17-20(27)7-8-24(22)29)19-9-11-28(12-10-19)13-16-33-25-6-4-3-5-21(25)26(30)31;1-2-32-15-14-29-18-23(21-8-7-20(27)17-24(21)29)19-9-11-28(12-10-19)13-16-33-25-6-4-3-5-22(25)26(30)31/h2*3-8,17-19H,2,9-16H2,1H3,(H,30,31). The van der Waals surface area contributed by atoms with Gasteiger partial charge in [0, 0.05) is 72.5 Å². The highest BCUT2D eigenvalue weighted by Gasteiger charge is 2.26. The van der Waals surface area contributed by atoms with Crippen LogP contribution in [0.2, 0.25) is 0 Å². The molecule has 0 radical (unpaired) electrons. The molecule has 4 heterocycles. The predicted molar refractivity (Wildman–Crippen MR) is 259 cm³/mol. The number of para-hydroxylation sites is 2. The third-order valence-electron chi connectivity index (χ3n) is 12.7. The fraction of sp³-hybridized carbons (Fsp3) is 0.423. The van der Waals surface area contributed by atoms with Gasteiger partial charge >= 0.3 is 11.9 Å². The van der Waals surface area contributed by atoms with Crippen molar-refractivity contribution in [1.82, 2.24) is 18.9 Å². The number of likely N-dealkylation sites (tertiary alicyclic amines) is 2. The van der Waals surface area contributed by atoms with Crippen LogP contribution in [0.5, 0.6) is 11.5 Å². The minimum Gasteiger partial charge on any atom is -0.491 e. The van der Waals surface area contributed by atoms with Crippen LogP contribution in [0, 0.1) is 5.82 Å². The van der Waals surface area contributed by atoms with Gasteiger partial charge in [-0.15, -0.1) is 0 Å². The van der Waals surface area contributed by atoms with E-state index in [1.807, 2.05) is 19.9 Å².